The van der Waals surface area contributed by atoms with Crippen molar-refractivity contribution in [1.29, 1.82) is 5.26 Å². The fourth-order valence-corrected chi connectivity index (χ4v) is 8.06. The number of halogens is 5. The molecule has 0 saturated carbocycles. The number of methoxy groups -OCH3 is 1. The van der Waals surface area contributed by atoms with E-state index >= 15 is 4.39 Å². The second-order valence-electron chi connectivity index (χ2n) is 12.5. The molecule has 0 aliphatic carbocycles. The van der Waals surface area contributed by atoms with Gasteiger partial charge in [-0.3, -0.25) is 9.69 Å². The first-order chi connectivity index (χ1) is 23.7. The van der Waals surface area contributed by atoms with Gasteiger partial charge in [-0.25, -0.2) is 8.78 Å². The van der Waals surface area contributed by atoms with Crippen molar-refractivity contribution in [3.05, 3.63) is 53.6 Å². The van der Waals surface area contributed by atoms with E-state index in [4.69, 9.17) is 15.2 Å². The second-order valence-corrected chi connectivity index (χ2v) is 13.6. The summed E-state index contributed by atoms with van der Waals surface area (Å²) in [5, 5.41) is 9.22. The molecule has 2 N–H and O–H groups in total. The highest BCUT2D eigenvalue weighted by Gasteiger charge is 2.40. The molecule has 264 valence electrons. The van der Waals surface area contributed by atoms with Crippen LogP contribution in [0.1, 0.15) is 30.9 Å². The van der Waals surface area contributed by atoms with Crippen LogP contribution in [-0.2, 0) is 15.7 Å². The molecule has 6 rings (SSSR count). The summed E-state index contributed by atoms with van der Waals surface area (Å²) in [5.74, 6) is -2.52. The highest BCUT2D eigenvalue weighted by atomic mass is 32.1. The van der Waals surface area contributed by atoms with Crippen LogP contribution in [0.5, 0.6) is 6.01 Å². The number of nitrogens with zero attached hydrogens (tertiary/aromatic N) is 6. The Morgan fingerprint density at radius 1 is 1.30 bits per heavy atom. The Bertz CT molecular complexity index is 2050. The number of hydrogen-bond acceptors (Lipinski definition) is 10. The van der Waals surface area contributed by atoms with Crippen molar-refractivity contribution in [3.8, 4) is 23.2 Å². The molecule has 2 aromatic heterocycles. The number of hydrogen-bond donors (Lipinski definition) is 1. The second kappa shape index (κ2) is 13.3. The number of nitriles is 1. The molecular formula is C34H34F5N7O3S. The molecule has 0 unspecified atom stereocenters. The van der Waals surface area contributed by atoms with E-state index in [2.05, 4.69) is 16.5 Å². The summed E-state index contributed by atoms with van der Waals surface area (Å²) in [7, 11) is 5.11. The summed E-state index contributed by atoms with van der Waals surface area (Å²) in [6.45, 7) is 6.45. The van der Waals surface area contributed by atoms with E-state index in [-0.39, 0.29) is 68.1 Å². The number of ether oxygens (including phenoxy) is 2. The van der Waals surface area contributed by atoms with Gasteiger partial charge in [-0.05, 0) is 50.6 Å². The molecule has 0 spiro atoms. The highest BCUT2D eigenvalue weighted by Crippen LogP contribution is 2.48. The number of likely N-dealkylation sites (tertiary alicyclic amines) is 2. The SMILES string of the molecule is C=CC(=O)N1CC[C@@H](N(C)c2nc(OC[C@@H]3C[C@@H](OC)CN3C)nc3c(F)c(-c4ccc(F)c5sc(N)c(C#N)c45)c(C(F)(F)F)cc23)[C@H]1C. The monoisotopic (exact) mass is 715 g/mol. The standard InChI is InChI=1S/C34H34F5N7O3S/c1-6-25(47)46-10-9-24(16(46)2)45(4)32-20-12-22(34(37,38)39)27(19-7-8-23(35)30-26(19)21(13-40)31(41)50-30)28(36)29(20)42-33(43-32)49-15-17-11-18(48-5)14-44(17)3/h6-8,12,16-18,24H,1,9-11,14-15,41H2,2-5H3/t16-,17+,18-,24-/m1/s1. The molecule has 2 aromatic carbocycles. The summed E-state index contributed by atoms with van der Waals surface area (Å²) in [6, 6.07) is 3.30. The summed E-state index contributed by atoms with van der Waals surface area (Å²) >= 11 is 0.686. The largest absolute Gasteiger partial charge is 0.462 e. The average Bonchev–Trinajstić information content (AvgIpc) is 3.76. The minimum atomic E-state index is -5.11. The Kier molecular flexibility index (Phi) is 9.35. The van der Waals surface area contributed by atoms with Gasteiger partial charge < -0.3 is 25.0 Å². The van der Waals surface area contributed by atoms with Crippen LogP contribution in [0.15, 0.2) is 30.9 Å². The minimum Gasteiger partial charge on any atom is -0.462 e. The average molecular weight is 716 g/mol. The van der Waals surface area contributed by atoms with Crippen molar-refractivity contribution in [2.24, 2.45) is 0 Å². The van der Waals surface area contributed by atoms with Crippen LogP contribution in [-0.4, -0.2) is 90.8 Å². The van der Waals surface area contributed by atoms with E-state index in [1.807, 2.05) is 18.0 Å². The summed E-state index contributed by atoms with van der Waals surface area (Å²) < 4.78 is 88.2. The zero-order chi connectivity index (χ0) is 36.2. The number of fused-ring (bicyclic) bond motifs is 2. The molecule has 2 aliphatic rings. The van der Waals surface area contributed by atoms with Gasteiger partial charge in [-0.1, -0.05) is 12.6 Å². The van der Waals surface area contributed by atoms with E-state index in [0.29, 0.717) is 37.3 Å². The third-order valence-corrected chi connectivity index (χ3v) is 10.8. The highest BCUT2D eigenvalue weighted by molar-refractivity contribution is 7.23. The number of amides is 1. The van der Waals surface area contributed by atoms with Crippen molar-refractivity contribution in [3.63, 3.8) is 0 Å². The van der Waals surface area contributed by atoms with Crippen LogP contribution in [0.25, 0.3) is 32.1 Å². The molecule has 1 amide bonds. The molecule has 2 aliphatic heterocycles. The van der Waals surface area contributed by atoms with E-state index < -0.39 is 46.5 Å². The molecule has 4 aromatic rings. The van der Waals surface area contributed by atoms with Gasteiger partial charge in [0.2, 0.25) is 5.91 Å². The zero-order valence-electron chi connectivity index (χ0n) is 27.6. The third-order valence-electron chi connectivity index (χ3n) is 9.79. The van der Waals surface area contributed by atoms with Crippen LogP contribution >= 0.6 is 11.3 Å². The Morgan fingerprint density at radius 3 is 2.68 bits per heavy atom. The lowest BCUT2D eigenvalue weighted by Crippen LogP contribution is -2.43. The smallest absolute Gasteiger partial charge is 0.417 e. The van der Waals surface area contributed by atoms with E-state index in [1.165, 1.54) is 6.08 Å². The van der Waals surface area contributed by atoms with Crippen molar-refractivity contribution in [1.82, 2.24) is 19.8 Å². The Balaban J connectivity index is 1.58. The lowest BCUT2D eigenvalue weighted by Gasteiger charge is -2.32. The molecule has 50 heavy (non-hydrogen) atoms. The number of rotatable bonds is 8. The number of carbonyl (C=O) groups is 1. The number of nitrogen functional groups attached to an aromatic ring is 1. The number of thiophene rings is 1. The Labute approximate surface area is 288 Å². The van der Waals surface area contributed by atoms with Gasteiger partial charge in [0.25, 0.3) is 0 Å². The molecular weight excluding hydrogens is 681 g/mol. The lowest BCUT2D eigenvalue weighted by molar-refractivity contribution is -0.137. The predicted molar refractivity (Wildman–Crippen MR) is 180 cm³/mol. The van der Waals surface area contributed by atoms with Crippen molar-refractivity contribution in [2.75, 3.05) is 51.5 Å². The lowest BCUT2D eigenvalue weighted by atomic mass is 9.92. The van der Waals surface area contributed by atoms with Crippen molar-refractivity contribution >= 4 is 49.1 Å². The van der Waals surface area contributed by atoms with Crippen LogP contribution in [0.2, 0.25) is 0 Å². The maximum Gasteiger partial charge on any atom is 0.417 e. The number of carbonyl (C=O) groups excluding carboxylic acids is 1. The molecule has 4 atom stereocenters. The number of nitrogens with two attached hydrogens (primary N) is 1. The van der Waals surface area contributed by atoms with Gasteiger partial charge in [0.15, 0.2) is 5.82 Å². The number of anilines is 2. The quantitative estimate of drug-likeness (QED) is 0.174. The van der Waals surface area contributed by atoms with Crippen LogP contribution in [0, 0.1) is 23.0 Å². The van der Waals surface area contributed by atoms with Gasteiger partial charge in [0, 0.05) is 55.7 Å². The first kappa shape index (κ1) is 35.2. The fraction of sp³-hybridized carbons (Fsp3) is 0.412. The number of benzene rings is 2. The molecule has 4 heterocycles. The van der Waals surface area contributed by atoms with Crippen LogP contribution < -0.4 is 15.4 Å². The summed E-state index contributed by atoms with van der Waals surface area (Å²) in [5.41, 5.74) is 2.56. The van der Waals surface area contributed by atoms with E-state index in [1.54, 1.807) is 30.9 Å². The molecule has 2 fully saturated rings. The maximum atomic E-state index is 17.1. The molecule has 2 saturated heterocycles. The summed E-state index contributed by atoms with van der Waals surface area (Å²) in [6.07, 6.45) is -2.86. The molecule has 0 radical (unpaired) electrons. The number of alkyl halides is 3. The van der Waals surface area contributed by atoms with Gasteiger partial charge in [0.1, 0.15) is 34.8 Å². The fourth-order valence-electron chi connectivity index (χ4n) is 7.11. The van der Waals surface area contributed by atoms with Gasteiger partial charge in [-0.15, -0.1) is 11.3 Å². The Hall–Kier alpha value is -4.59. The molecule has 16 heteroatoms. The maximum absolute atomic E-state index is 17.1. The van der Waals surface area contributed by atoms with Crippen LogP contribution in [0.4, 0.5) is 32.8 Å². The third kappa shape index (κ3) is 5.96. The summed E-state index contributed by atoms with van der Waals surface area (Å²) in [4.78, 5) is 26.6. The topological polar surface area (TPSA) is 121 Å². The Morgan fingerprint density at radius 2 is 2.04 bits per heavy atom. The predicted octanol–water partition coefficient (Wildman–Crippen LogP) is 5.97. The van der Waals surface area contributed by atoms with Gasteiger partial charge in [-0.2, -0.15) is 28.4 Å². The van der Waals surface area contributed by atoms with E-state index in [9.17, 15) is 27.6 Å². The number of aromatic nitrogens is 2. The van der Waals surface area contributed by atoms with E-state index in [0.717, 1.165) is 18.2 Å². The first-order valence-electron chi connectivity index (χ1n) is 15.7. The van der Waals surface area contributed by atoms with Gasteiger partial charge in [0.05, 0.1) is 28.0 Å². The van der Waals surface area contributed by atoms with Crippen molar-refractivity contribution < 1.29 is 36.2 Å². The molecule has 10 nitrogen and oxygen atoms in total. The molecule has 0 bridgehead atoms. The zero-order valence-corrected chi connectivity index (χ0v) is 28.5. The van der Waals surface area contributed by atoms with Crippen molar-refractivity contribution in [2.45, 2.75) is 50.2 Å². The minimum absolute atomic E-state index is 0.0318. The number of likely N-dealkylation sites (N-methyl/N-ethyl adjacent to an activating group) is 2. The van der Waals surface area contributed by atoms with Gasteiger partial charge >= 0.3 is 12.2 Å². The normalized spacial score (nSPS) is 21.2. The first-order valence-corrected chi connectivity index (χ1v) is 16.6. The van der Waals surface area contributed by atoms with Crippen LogP contribution in [0.3, 0.4) is 0 Å².